The van der Waals surface area contributed by atoms with Crippen LogP contribution in [0.1, 0.15) is 13.8 Å². The number of ether oxygens (including phenoxy) is 2. The highest BCUT2D eigenvalue weighted by Crippen LogP contribution is 2.31. The molecule has 0 atom stereocenters. The van der Waals surface area contributed by atoms with Crippen LogP contribution in [-0.4, -0.2) is 23.2 Å². The molecule has 0 aliphatic rings. The molecule has 1 aromatic heterocycles. The van der Waals surface area contributed by atoms with Crippen LogP contribution in [0.25, 0.3) is 22.6 Å². The van der Waals surface area contributed by atoms with Crippen molar-refractivity contribution >= 4 is 0 Å². The monoisotopic (exact) mass is 320 g/mol. The molecule has 0 saturated carbocycles. The molecule has 0 bridgehead atoms. The molecule has 4 nitrogen and oxygen atoms in total. The molecule has 0 radical (unpaired) electrons. The average Bonchev–Trinajstić information content (AvgIpc) is 2.63. The number of hydrogen-bond donors (Lipinski definition) is 0. The van der Waals surface area contributed by atoms with Crippen molar-refractivity contribution in [2.75, 3.05) is 13.2 Å². The Hall–Kier alpha value is -2.88. The van der Waals surface area contributed by atoms with Crippen LogP contribution in [-0.2, 0) is 0 Å². The fourth-order valence-electron chi connectivity index (χ4n) is 2.53. The molecule has 3 rings (SSSR count). The van der Waals surface area contributed by atoms with Crippen molar-refractivity contribution in [1.82, 2.24) is 9.97 Å². The van der Waals surface area contributed by atoms with Gasteiger partial charge in [-0.25, -0.2) is 9.97 Å². The first-order valence-electron chi connectivity index (χ1n) is 8.11. The minimum Gasteiger partial charge on any atom is -0.493 e. The zero-order chi connectivity index (χ0) is 16.8. The van der Waals surface area contributed by atoms with Crippen LogP contribution < -0.4 is 9.47 Å². The third kappa shape index (κ3) is 3.38. The summed E-state index contributed by atoms with van der Waals surface area (Å²) in [4.78, 5) is 9.15. The third-order valence-electron chi connectivity index (χ3n) is 3.55. The lowest BCUT2D eigenvalue weighted by atomic mass is 10.1. The number of aromatic nitrogens is 2. The molecule has 24 heavy (non-hydrogen) atoms. The Bertz CT molecular complexity index is 753. The molecule has 4 heteroatoms. The lowest BCUT2D eigenvalue weighted by molar-refractivity contribution is 0.341. The van der Waals surface area contributed by atoms with Gasteiger partial charge in [-0.05, 0) is 44.2 Å². The SMILES string of the molecule is CCOc1ccccc1-c1ccnc(-c2ccccc2OCC)n1. The second kappa shape index (κ2) is 7.59. The van der Waals surface area contributed by atoms with Crippen molar-refractivity contribution in [2.45, 2.75) is 13.8 Å². The van der Waals surface area contributed by atoms with E-state index in [1.54, 1.807) is 6.20 Å². The van der Waals surface area contributed by atoms with Crippen LogP contribution in [0.2, 0.25) is 0 Å². The maximum atomic E-state index is 5.71. The van der Waals surface area contributed by atoms with E-state index in [-0.39, 0.29) is 0 Å². The Kier molecular flexibility index (Phi) is 5.06. The molecule has 122 valence electrons. The number of hydrogen-bond acceptors (Lipinski definition) is 4. The van der Waals surface area contributed by atoms with Gasteiger partial charge in [0, 0.05) is 11.8 Å². The van der Waals surface area contributed by atoms with Gasteiger partial charge in [0.2, 0.25) is 0 Å². The fraction of sp³-hybridized carbons (Fsp3) is 0.200. The van der Waals surface area contributed by atoms with Crippen LogP contribution in [0, 0.1) is 0 Å². The molecule has 0 aliphatic heterocycles. The number of benzene rings is 2. The number of rotatable bonds is 6. The van der Waals surface area contributed by atoms with E-state index in [1.165, 1.54) is 0 Å². The molecule has 0 aliphatic carbocycles. The predicted octanol–water partition coefficient (Wildman–Crippen LogP) is 4.61. The first-order valence-corrected chi connectivity index (χ1v) is 8.11. The summed E-state index contributed by atoms with van der Waals surface area (Å²) in [5.74, 6) is 2.25. The average molecular weight is 320 g/mol. The minimum atomic E-state index is 0.601. The summed E-state index contributed by atoms with van der Waals surface area (Å²) in [7, 11) is 0. The highest BCUT2D eigenvalue weighted by molar-refractivity contribution is 5.70. The van der Waals surface area contributed by atoms with Gasteiger partial charge in [-0.15, -0.1) is 0 Å². The highest BCUT2D eigenvalue weighted by atomic mass is 16.5. The van der Waals surface area contributed by atoms with Crippen LogP contribution in [0.15, 0.2) is 60.8 Å². The molecular formula is C20H20N2O2. The Balaban J connectivity index is 2.05. The second-order valence-electron chi connectivity index (χ2n) is 5.12. The van der Waals surface area contributed by atoms with Gasteiger partial charge in [0.05, 0.1) is 24.5 Å². The lowest BCUT2D eigenvalue weighted by Crippen LogP contribution is -1.98. The smallest absolute Gasteiger partial charge is 0.163 e. The van der Waals surface area contributed by atoms with Crippen LogP contribution in [0.5, 0.6) is 11.5 Å². The molecule has 0 saturated heterocycles. The van der Waals surface area contributed by atoms with Crippen LogP contribution >= 0.6 is 0 Å². The maximum absolute atomic E-state index is 5.71. The van der Waals surface area contributed by atoms with E-state index in [0.717, 1.165) is 28.3 Å². The van der Waals surface area contributed by atoms with Crippen LogP contribution in [0.4, 0.5) is 0 Å². The zero-order valence-corrected chi connectivity index (χ0v) is 13.9. The maximum Gasteiger partial charge on any atom is 0.163 e. The van der Waals surface area contributed by atoms with E-state index < -0.39 is 0 Å². The van der Waals surface area contributed by atoms with Gasteiger partial charge in [-0.1, -0.05) is 24.3 Å². The van der Waals surface area contributed by atoms with Gasteiger partial charge < -0.3 is 9.47 Å². The van der Waals surface area contributed by atoms with Gasteiger partial charge in [0.15, 0.2) is 5.82 Å². The van der Waals surface area contributed by atoms with Gasteiger partial charge >= 0.3 is 0 Å². The molecule has 1 heterocycles. The van der Waals surface area contributed by atoms with Crippen molar-refractivity contribution in [3.8, 4) is 34.1 Å². The predicted molar refractivity (Wildman–Crippen MR) is 95.2 cm³/mol. The van der Waals surface area contributed by atoms with Crippen LogP contribution in [0.3, 0.4) is 0 Å². The van der Waals surface area contributed by atoms with Gasteiger partial charge in [0.25, 0.3) is 0 Å². The molecule has 0 fully saturated rings. The van der Waals surface area contributed by atoms with Crippen molar-refractivity contribution in [2.24, 2.45) is 0 Å². The van der Waals surface area contributed by atoms with Gasteiger partial charge in [-0.2, -0.15) is 0 Å². The van der Waals surface area contributed by atoms with E-state index in [2.05, 4.69) is 4.98 Å². The Labute approximate surface area is 142 Å². The Morgan fingerprint density at radius 1 is 0.750 bits per heavy atom. The number of para-hydroxylation sites is 2. The molecule has 0 amide bonds. The summed E-state index contributed by atoms with van der Waals surface area (Å²) in [5, 5.41) is 0. The van der Waals surface area contributed by atoms with E-state index in [1.807, 2.05) is 68.4 Å². The molecule has 0 N–H and O–H groups in total. The fourth-order valence-corrected chi connectivity index (χ4v) is 2.53. The molecule has 3 aromatic rings. The summed E-state index contributed by atoms with van der Waals surface area (Å²) in [6, 6.07) is 17.6. The number of nitrogens with zero attached hydrogens (tertiary/aromatic N) is 2. The van der Waals surface area contributed by atoms with Crippen molar-refractivity contribution < 1.29 is 9.47 Å². The standard InChI is InChI=1S/C20H20N2O2/c1-3-23-18-11-7-5-9-15(18)17-13-14-21-20(22-17)16-10-6-8-12-19(16)24-4-2/h5-14H,3-4H2,1-2H3. The van der Waals surface area contributed by atoms with Crippen molar-refractivity contribution in [1.29, 1.82) is 0 Å². The normalized spacial score (nSPS) is 10.4. The zero-order valence-electron chi connectivity index (χ0n) is 13.9. The topological polar surface area (TPSA) is 44.2 Å². The molecular weight excluding hydrogens is 300 g/mol. The van der Waals surface area contributed by atoms with E-state index >= 15 is 0 Å². The first kappa shape index (κ1) is 16.0. The summed E-state index contributed by atoms with van der Waals surface area (Å²) in [5.41, 5.74) is 2.67. The van der Waals surface area contributed by atoms with E-state index in [4.69, 9.17) is 14.5 Å². The Morgan fingerprint density at radius 2 is 1.33 bits per heavy atom. The molecule has 2 aromatic carbocycles. The summed E-state index contributed by atoms with van der Waals surface area (Å²) >= 11 is 0. The largest absolute Gasteiger partial charge is 0.493 e. The van der Waals surface area contributed by atoms with Gasteiger partial charge in [-0.3, -0.25) is 0 Å². The second-order valence-corrected chi connectivity index (χ2v) is 5.12. The van der Waals surface area contributed by atoms with Crippen molar-refractivity contribution in [3.63, 3.8) is 0 Å². The molecule has 0 spiro atoms. The molecule has 0 unspecified atom stereocenters. The van der Waals surface area contributed by atoms with Gasteiger partial charge in [0.1, 0.15) is 11.5 Å². The van der Waals surface area contributed by atoms with Crippen molar-refractivity contribution in [3.05, 3.63) is 60.8 Å². The first-order chi connectivity index (χ1) is 11.8. The quantitative estimate of drug-likeness (QED) is 0.665. The summed E-state index contributed by atoms with van der Waals surface area (Å²) in [6.45, 7) is 5.15. The van der Waals surface area contributed by atoms with E-state index in [9.17, 15) is 0 Å². The third-order valence-corrected chi connectivity index (χ3v) is 3.55. The minimum absolute atomic E-state index is 0.601. The van der Waals surface area contributed by atoms with E-state index in [0.29, 0.717) is 19.0 Å². The summed E-state index contributed by atoms with van der Waals surface area (Å²) < 4.78 is 11.4. The Morgan fingerprint density at radius 3 is 2.00 bits per heavy atom. The highest BCUT2D eigenvalue weighted by Gasteiger charge is 2.12. The summed E-state index contributed by atoms with van der Waals surface area (Å²) in [6.07, 6.45) is 1.77. The lowest BCUT2D eigenvalue weighted by Gasteiger charge is -2.12.